The summed E-state index contributed by atoms with van der Waals surface area (Å²) in [4.78, 5) is 23.6. The van der Waals surface area contributed by atoms with Gasteiger partial charge in [0.25, 0.3) is 5.91 Å². The number of aryl methyl sites for hydroxylation is 1. The van der Waals surface area contributed by atoms with Crippen molar-refractivity contribution >= 4 is 45.2 Å². The van der Waals surface area contributed by atoms with E-state index in [1.807, 2.05) is 6.92 Å². The minimum Gasteiger partial charge on any atom is -0.307 e. The number of carbonyl (C=O) groups excluding carboxylic acids is 2. The number of amides is 3. The molecular weight excluding hydrogens is 374 g/mol. The van der Waals surface area contributed by atoms with Crippen LogP contribution < -0.4 is 16.2 Å². The van der Waals surface area contributed by atoms with Gasteiger partial charge in [-0.05, 0) is 47.1 Å². The molecule has 0 aliphatic heterocycles. The second-order valence-electron chi connectivity index (χ2n) is 4.41. The lowest BCUT2D eigenvalue weighted by Crippen LogP contribution is -2.44. The van der Waals surface area contributed by atoms with E-state index in [9.17, 15) is 9.59 Å². The number of rotatable bonds is 2. The maximum Gasteiger partial charge on any atom is 0.337 e. The standard InChI is InChI=1S/C13H13BrClN5O2/c1-7-10(14)11(19-20(7)2)12(21)17-18-13(22)16-9-5-3-8(15)4-6-9/h3-6H,1-2H3,(H,17,21)(H2,16,18,22). The van der Waals surface area contributed by atoms with Crippen LogP contribution in [0, 0.1) is 6.92 Å². The van der Waals surface area contributed by atoms with Crippen LogP contribution >= 0.6 is 27.5 Å². The number of urea groups is 1. The predicted octanol–water partition coefficient (Wildman–Crippen LogP) is 2.61. The third-order valence-electron chi connectivity index (χ3n) is 2.87. The Morgan fingerprint density at radius 1 is 1.23 bits per heavy atom. The molecule has 7 nitrogen and oxygen atoms in total. The minimum absolute atomic E-state index is 0.187. The summed E-state index contributed by atoms with van der Waals surface area (Å²) in [6.45, 7) is 1.81. The van der Waals surface area contributed by atoms with Crippen LogP contribution in [0.1, 0.15) is 16.2 Å². The van der Waals surface area contributed by atoms with Crippen molar-refractivity contribution in [3.63, 3.8) is 0 Å². The zero-order valence-electron chi connectivity index (χ0n) is 11.8. The van der Waals surface area contributed by atoms with Crippen molar-refractivity contribution < 1.29 is 9.59 Å². The number of hydrogen-bond acceptors (Lipinski definition) is 3. The van der Waals surface area contributed by atoms with E-state index in [1.54, 1.807) is 36.0 Å². The van der Waals surface area contributed by atoms with Crippen LogP contribution in [0.5, 0.6) is 0 Å². The topological polar surface area (TPSA) is 88.1 Å². The number of anilines is 1. The zero-order valence-corrected chi connectivity index (χ0v) is 14.1. The number of nitrogens with one attached hydrogen (secondary N) is 3. The summed E-state index contributed by atoms with van der Waals surface area (Å²) in [6.07, 6.45) is 0. The Hall–Kier alpha value is -2.06. The molecule has 0 aliphatic carbocycles. The Labute approximate surface area is 140 Å². The Morgan fingerprint density at radius 2 is 1.86 bits per heavy atom. The van der Waals surface area contributed by atoms with Gasteiger partial charge in [-0.1, -0.05) is 11.6 Å². The summed E-state index contributed by atoms with van der Waals surface area (Å²) in [6, 6.07) is 5.98. The lowest BCUT2D eigenvalue weighted by atomic mass is 10.3. The normalized spacial score (nSPS) is 10.2. The van der Waals surface area contributed by atoms with E-state index in [4.69, 9.17) is 11.6 Å². The smallest absolute Gasteiger partial charge is 0.307 e. The van der Waals surface area contributed by atoms with Crippen LogP contribution in [0.15, 0.2) is 28.7 Å². The van der Waals surface area contributed by atoms with Gasteiger partial charge in [0.05, 0.1) is 10.2 Å². The molecule has 1 aromatic heterocycles. The van der Waals surface area contributed by atoms with E-state index in [0.717, 1.165) is 5.69 Å². The molecule has 0 saturated carbocycles. The van der Waals surface area contributed by atoms with Crippen LogP contribution in [0.2, 0.25) is 5.02 Å². The van der Waals surface area contributed by atoms with Gasteiger partial charge in [0.2, 0.25) is 0 Å². The lowest BCUT2D eigenvalue weighted by molar-refractivity contribution is 0.0931. The quantitative estimate of drug-likeness (QED) is 0.693. The average molecular weight is 387 g/mol. The third kappa shape index (κ3) is 3.77. The highest BCUT2D eigenvalue weighted by molar-refractivity contribution is 9.10. The number of carbonyl (C=O) groups is 2. The molecule has 2 aromatic rings. The SMILES string of the molecule is Cc1c(Br)c(C(=O)NNC(=O)Nc2ccc(Cl)cc2)nn1C. The maximum absolute atomic E-state index is 12.0. The fraction of sp³-hybridized carbons (Fsp3) is 0.154. The van der Waals surface area contributed by atoms with E-state index < -0.39 is 11.9 Å². The van der Waals surface area contributed by atoms with Crippen molar-refractivity contribution in [2.45, 2.75) is 6.92 Å². The summed E-state index contributed by atoms with van der Waals surface area (Å²) in [5.41, 5.74) is 6.06. The van der Waals surface area contributed by atoms with Gasteiger partial charge in [0.1, 0.15) is 0 Å². The van der Waals surface area contributed by atoms with E-state index >= 15 is 0 Å². The van der Waals surface area contributed by atoms with Gasteiger partial charge in [-0.15, -0.1) is 0 Å². The molecule has 0 atom stereocenters. The molecular formula is C13H13BrClN5O2. The first kappa shape index (κ1) is 16.3. The minimum atomic E-state index is -0.584. The Balaban J connectivity index is 1.91. The first-order valence-electron chi connectivity index (χ1n) is 6.20. The molecule has 3 N–H and O–H groups in total. The first-order valence-corrected chi connectivity index (χ1v) is 7.37. The van der Waals surface area contributed by atoms with Gasteiger partial charge in [-0.25, -0.2) is 10.2 Å². The van der Waals surface area contributed by atoms with E-state index in [0.29, 0.717) is 15.2 Å². The van der Waals surface area contributed by atoms with E-state index in [-0.39, 0.29) is 5.69 Å². The molecule has 0 bridgehead atoms. The molecule has 9 heteroatoms. The maximum atomic E-state index is 12.0. The summed E-state index contributed by atoms with van der Waals surface area (Å²) in [5.74, 6) is -0.526. The molecule has 22 heavy (non-hydrogen) atoms. The number of hydrazine groups is 1. The molecule has 0 unspecified atom stereocenters. The third-order valence-corrected chi connectivity index (χ3v) is 4.07. The Bertz CT molecular complexity index is 714. The highest BCUT2D eigenvalue weighted by Crippen LogP contribution is 2.19. The van der Waals surface area contributed by atoms with Gasteiger partial charge in [-0.2, -0.15) is 5.10 Å². The lowest BCUT2D eigenvalue weighted by Gasteiger charge is -2.08. The van der Waals surface area contributed by atoms with Gasteiger partial charge in [0, 0.05) is 17.8 Å². The Morgan fingerprint density at radius 3 is 2.41 bits per heavy atom. The molecule has 3 amide bonds. The highest BCUT2D eigenvalue weighted by atomic mass is 79.9. The second kappa shape index (κ2) is 6.80. The number of nitrogens with zero attached hydrogens (tertiary/aromatic N) is 2. The van der Waals surface area contributed by atoms with Crippen LogP contribution in [0.3, 0.4) is 0 Å². The van der Waals surface area contributed by atoms with Crippen molar-refractivity contribution in [3.8, 4) is 0 Å². The number of hydrogen-bond donors (Lipinski definition) is 3. The average Bonchev–Trinajstić information content (AvgIpc) is 2.75. The summed E-state index contributed by atoms with van der Waals surface area (Å²) in [7, 11) is 1.72. The number of benzene rings is 1. The second-order valence-corrected chi connectivity index (χ2v) is 5.64. The predicted molar refractivity (Wildman–Crippen MR) is 86.7 cm³/mol. The highest BCUT2D eigenvalue weighted by Gasteiger charge is 2.18. The monoisotopic (exact) mass is 385 g/mol. The molecule has 0 saturated heterocycles. The van der Waals surface area contributed by atoms with Gasteiger partial charge < -0.3 is 5.32 Å². The summed E-state index contributed by atoms with van der Waals surface area (Å²) >= 11 is 9.03. The molecule has 2 rings (SSSR count). The van der Waals surface area contributed by atoms with Crippen molar-refractivity contribution in [1.29, 1.82) is 0 Å². The number of halogens is 2. The van der Waals surface area contributed by atoms with Gasteiger partial charge >= 0.3 is 6.03 Å². The van der Waals surface area contributed by atoms with Gasteiger partial charge in [-0.3, -0.25) is 14.9 Å². The van der Waals surface area contributed by atoms with Crippen LogP contribution in [0.4, 0.5) is 10.5 Å². The van der Waals surface area contributed by atoms with E-state index in [1.165, 1.54) is 0 Å². The first-order chi connectivity index (χ1) is 10.4. The van der Waals surface area contributed by atoms with E-state index in [2.05, 4.69) is 37.2 Å². The molecule has 1 heterocycles. The number of aromatic nitrogens is 2. The van der Waals surface area contributed by atoms with Crippen molar-refractivity contribution in [2.24, 2.45) is 7.05 Å². The van der Waals surface area contributed by atoms with Crippen LogP contribution in [0.25, 0.3) is 0 Å². The summed E-state index contributed by atoms with van der Waals surface area (Å²) < 4.78 is 2.14. The fourth-order valence-corrected chi connectivity index (χ4v) is 2.24. The zero-order chi connectivity index (χ0) is 16.3. The van der Waals surface area contributed by atoms with Crippen molar-refractivity contribution in [1.82, 2.24) is 20.6 Å². The fourth-order valence-electron chi connectivity index (χ4n) is 1.60. The molecule has 1 aromatic carbocycles. The summed E-state index contributed by atoms with van der Waals surface area (Å²) in [5, 5.41) is 7.16. The molecule has 0 fully saturated rings. The Kier molecular flexibility index (Phi) is 5.04. The van der Waals surface area contributed by atoms with Crippen molar-refractivity contribution in [3.05, 3.63) is 45.1 Å². The van der Waals surface area contributed by atoms with Crippen LogP contribution in [-0.4, -0.2) is 21.7 Å². The van der Waals surface area contributed by atoms with Gasteiger partial charge in [0.15, 0.2) is 5.69 Å². The molecule has 0 aliphatic rings. The molecule has 116 valence electrons. The molecule has 0 spiro atoms. The largest absolute Gasteiger partial charge is 0.337 e. The van der Waals surface area contributed by atoms with Crippen LogP contribution in [-0.2, 0) is 7.05 Å². The van der Waals surface area contributed by atoms with Crippen molar-refractivity contribution in [2.75, 3.05) is 5.32 Å². The molecule has 0 radical (unpaired) electrons.